The van der Waals surface area contributed by atoms with Crippen LogP contribution in [0.4, 0.5) is 4.39 Å². The summed E-state index contributed by atoms with van der Waals surface area (Å²) >= 11 is 5.74. The van der Waals surface area contributed by atoms with E-state index >= 15 is 0 Å². The van der Waals surface area contributed by atoms with Crippen LogP contribution >= 0.6 is 11.6 Å². The van der Waals surface area contributed by atoms with Crippen LogP contribution in [0.15, 0.2) is 18.2 Å². The fourth-order valence-electron chi connectivity index (χ4n) is 2.90. The first kappa shape index (κ1) is 15.3. The maximum absolute atomic E-state index is 13.9. The van der Waals surface area contributed by atoms with Crippen LogP contribution in [-0.2, 0) is 11.2 Å². The third kappa shape index (κ3) is 3.14. The quantitative estimate of drug-likeness (QED) is 0.878. The molecule has 2 nitrogen and oxygen atoms in total. The molecule has 0 heterocycles. The number of carbonyl (C=O) groups is 1. The zero-order valence-corrected chi connectivity index (χ0v) is 12.6. The fourth-order valence-corrected chi connectivity index (χ4v) is 3.06. The van der Waals surface area contributed by atoms with Crippen molar-refractivity contribution in [3.63, 3.8) is 0 Å². The Morgan fingerprint density at radius 1 is 1.30 bits per heavy atom. The molecule has 1 aliphatic carbocycles. The zero-order valence-electron chi connectivity index (χ0n) is 11.9. The van der Waals surface area contributed by atoms with Gasteiger partial charge in [0, 0.05) is 5.02 Å². The van der Waals surface area contributed by atoms with Crippen LogP contribution in [-0.4, -0.2) is 11.1 Å². The summed E-state index contributed by atoms with van der Waals surface area (Å²) in [6.45, 7) is 4.31. The topological polar surface area (TPSA) is 37.3 Å². The summed E-state index contributed by atoms with van der Waals surface area (Å²) in [6, 6.07) is 4.46. The highest BCUT2D eigenvalue weighted by molar-refractivity contribution is 6.30. The SMILES string of the molecule is CC1(C)CCC(Cc2ccc(Cl)cc2F)(C(=O)O)CC1. The van der Waals surface area contributed by atoms with Crippen LogP contribution in [0.3, 0.4) is 0 Å². The van der Waals surface area contributed by atoms with Gasteiger partial charge in [-0.1, -0.05) is 31.5 Å². The number of halogens is 2. The van der Waals surface area contributed by atoms with Gasteiger partial charge in [0.25, 0.3) is 0 Å². The number of rotatable bonds is 3. The van der Waals surface area contributed by atoms with Crippen molar-refractivity contribution in [1.82, 2.24) is 0 Å². The second kappa shape index (κ2) is 5.36. The molecular weight excluding hydrogens is 279 g/mol. The Hall–Kier alpha value is -1.09. The third-order valence-electron chi connectivity index (χ3n) is 4.56. The van der Waals surface area contributed by atoms with Crippen molar-refractivity contribution < 1.29 is 14.3 Å². The molecule has 1 aromatic rings. The predicted octanol–water partition coefficient (Wildman–Crippen LogP) is 4.69. The molecule has 0 radical (unpaired) electrons. The van der Waals surface area contributed by atoms with Crippen LogP contribution in [0, 0.1) is 16.6 Å². The number of hydrogen-bond acceptors (Lipinski definition) is 1. The lowest BCUT2D eigenvalue weighted by atomic mass is 9.63. The van der Waals surface area contributed by atoms with Gasteiger partial charge in [-0.3, -0.25) is 4.79 Å². The second-order valence-corrected chi connectivity index (χ2v) is 7.10. The van der Waals surface area contributed by atoms with E-state index in [9.17, 15) is 14.3 Å². The van der Waals surface area contributed by atoms with Crippen molar-refractivity contribution in [1.29, 1.82) is 0 Å². The molecule has 4 heteroatoms. The van der Waals surface area contributed by atoms with Gasteiger partial charge >= 0.3 is 5.97 Å². The zero-order chi connectivity index (χ0) is 15.0. The largest absolute Gasteiger partial charge is 0.481 e. The van der Waals surface area contributed by atoms with Gasteiger partial charge in [0.2, 0.25) is 0 Å². The van der Waals surface area contributed by atoms with Crippen molar-refractivity contribution in [3.05, 3.63) is 34.6 Å². The van der Waals surface area contributed by atoms with Crippen molar-refractivity contribution >= 4 is 17.6 Å². The first-order chi connectivity index (χ1) is 9.24. The minimum atomic E-state index is -0.843. The number of hydrogen-bond donors (Lipinski definition) is 1. The molecule has 0 saturated heterocycles. The summed E-state index contributed by atoms with van der Waals surface area (Å²) < 4.78 is 13.9. The van der Waals surface area contributed by atoms with Crippen LogP contribution in [0.1, 0.15) is 45.1 Å². The van der Waals surface area contributed by atoms with E-state index in [-0.39, 0.29) is 11.8 Å². The van der Waals surface area contributed by atoms with Gasteiger partial charge in [-0.2, -0.15) is 0 Å². The van der Waals surface area contributed by atoms with Gasteiger partial charge in [-0.15, -0.1) is 0 Å². The fraction of sp³-hybridized carbons (Fsp3) is 0.562. The minimum Gasteiger partial charge on any atom is -0.481 e. The first-order valence-electron chi connectivity index (χ1n) is 6.92. The molecule has 0 spiro atoms. The summed E-state index contributed by atoms with van der Waals surface area (Å²) in [4.78, 5) is 11.7. The first-order valence-corrected chi connectivity index (χ1v) is 7.29. The number of carboxylic acids is 1. The van der Waals surface area contributed by atoms with Crippen molar-refractivity contribution in [2.45, 2.75) is 46.0 Å². The van der Waals surface area contributed by atoms with Crippen molar-refractivity contribution in [2.24, 2.45) is 10.8 Å². The van der Waals surface area contributed by atoms with Crippen LogP contribution in [0.5, 0.6) is 0 Å². The van der Waals surface area contributed by atoms with E-state index in [2.05, 4.69) is 13.8 Å². The molecule has 0 aromatic heterocycles. The molecule has 0 amide bonds. The Kier molecular flexibility index (Phi) is 4.10. The highest BCUT2D eigenvalue weighted by atomic mass is 35.5. The van der Waals surface area contributed by atoms with Crippen molar-refractivity contribution in [2.75, 3.05) is 0 Å². The lowest BCUT2D eigenvalue weighted by molar-refractivity contribution is -0.152. The van der Waals surface area contributed by atoms with E-state index in [1.165, 1.54) is 6.07 Å². The molecule has 1 fully saturated rings. The van der Waals surface area contributed by atoms with Crippen LogP contribution in [0.25, 0.3) is 0 Å². The molecule has 20 heavy (non-hydrogen) atoms. The van der Waals surface area contributed by atoms with E-state index in [1.807, 2.05) is 0 Å². The Labute approximate surface area is 123 Å². The Balaban J connectivity index is 2.24. The molecule has 0 atom stereocenters. The monoisotopic (exact) mass is 298 g/mol. The van der Waals surface area contributed by atoms with Crippen molar-refractivity contribution in [3.8, 4) is 0 Å². The third-order valence-corrected chi connectivity index (χ3v) is 4.79. The van der Waals surface area contributed by atoms with E-state index < -0.39 is 17.2 Å². The molecule has 110 valence electrons. The average molecular weight is 299 g/mol. The lowest BCUT2D eigenvalue weighted by Crippen LogP contribution is -2.39. The molecule has 0 unspecified atom stereocenters. The summed E-state index contributed by atoms with van der Waals surface area (Å²) in [5, 5.41) is 9.95. The summed E-state index contributed by atoms with van der Waals surface area (Å²) in [5.41, 5.74) is -0.224. The predicted molar refractivity (Wildman–Crippen MR) is 77.4 cm³/mol. The van der Waals surface area contributed by atoms with Gasteiger partial charge in [0.05, 0.1) is 5.41 Å². The Morgan fingerprint density at radius 3 is 2.40 bits per heavy atom. The van der Waals surface area contributed by atoms with E-state index in [0.717, 1.165) is 12.8 Å². The summed E-state index contributed by atoms with van der Waals surface area (Å²) in [6.07, 6.45) is 3.14. The number of benzene rings is 1. The smallest absolute Gasteiger partial charge is 0.309 e. The van der Waals surface area contributed by atoms with Gasteiger partial charge in [-0.25, -0.2) is 4.39 Å². The molecular formula is C16H20ClFO2. The maximum Gasteiger partial charge on any atom is 0.309 e. The minimum absolute atomic E-state index is 0.178. The maximum atomic E-state index is 13.9. The lowest BCUT2D eigenvalue weighted by Gasteiger charge is -2.41. The number of aliphatic carboxylic acids is 1. The Morgan fingerprint density at radius 2 is 1.90 bits per heavy atom. The second-order valence-electron chi connectivity index (χ2n) is 6.66. The van der Waals surface area contributed by atoms with Gasteiger partial charge < -0.3 is 5.11 Å². The van der Waals surface area contributed by atoms with Gasteiger partial charge in [0.15, 0.2) is 0 Å². The van der Waals surface area contributed by atoms with Crippen LogP contribution in [0.2, 0.25) is 5.02 Å². The standard InChI is InChI=1S/C16H20ClFO2/c1-15(2)5-7-16(8-6-15,14(19)20)10-11-3-4-12(17)9-13(11)18/h3-4,9H,5-8,10H2,1-2H3,(H,19,20). The van der Waals surface area contributed by atoms with E-state index in [0.29, 0.717) is 23.4 Å². The van der Waals surface area contributed by atoms with Gasteiger partial charge in [0.1, 0.15) is 5.82 Å². The van der Waals surface area contributed by atoms with E-state index in [4.69, 9.17) is 11.6 Å². The summed E-state index contributed by atoms with van der Waals surface area (Å²) in [7, 11) is 0. The molecule has 1 aromatic carbocycles. The molecule has 1 saturated carbocycles. The normalized spacial score (nSPS) is 20.6. The molecule has 1 aliphatic rings. The molecule has 0 bridgehead atoms. The number of carboxylic acid groups (broad SMARTS) is 1. The highest BCUT2D eigenvalue weighted by Gasteiger charge is 2.44. The highest BCUT2D eigenvalue weighted by Crippen LogP contribution is 2.47. The van der Waals surface area contributed by atoms with Gasteiger partial charge in [-0.05, 0) is 55.2 Å². The molecule has 2 rings (SSSR count). The average Bonchev–Trinajstić information content (AvgIpc) is 2.35. The van der Waals surface area contributed by atoms with Crippen LogP contribution < -0.4 is 0 Å². The molecule has 1 N–H and O–H groups in total. The summed E-state index contributed by atoms with van der Waals surface area (Å²) in [5.74, 6) is -1.23. The Bertz CT molecular complexity index is 515. The molecule has 0 aliphatic heterocycles. The van der Waals surface area contributed by atoms with E-state index in [1.54, 1.807) is 12.1 Å².